The second-order valence-electron chi connectivity index (χ2n) is 6.38. The normalized spacial score (nSPS) is 16.0. The average Bonchev–Trinajstić information content (AvgIpc) is 3.30. The van der Waals surface area contributed by atoms with Crippen LogP contribution in [0.4, 0.5) is 5.95 Å². The number of fused-ring (bicyclic) bond motifs is 1. The number of allylic oxidation sites excluding steroid dienone is 1. The van der Waals surface area contributed by atoms with Gasteiger partial charge in [-0.1, -0.05) is 29.8 Å². The molecule has 2 aromatic heterocycles. The van der Waals surface area contributed by atoms with Crippen molar-refractivity contribution in [2.24, 2.45) is 0 Å². The molecule has 0 bridgehead atoms. The fourth-order valence-corrected chi connectivity index (χ4v) is 4.06. The monoisotopic (exact) mass is 380 g/mol. The predicted octanol–water partition coefficient (Wildman–Crippen LogP) is 4.17. The maximum Gasteiger partial charge on any atom is 0.338 e. The molecule has 1 aromatic carbocycles. The highest BCUT2D eigenvalue weighted by Crippen LogP contribution is 2.38. The first-order valence-electron chi connectivity index (χ1n) is 8.80. The van der Waals surface area contributed by atoms with Gasteiger partial charge in [0, 0.05) is 16.1 Å². The van der Waals surface area contributed by atoms with Crippen molar-refractivity contribution in [3.63, 3.8) is 0 Å². The first-order valence-corrected chi connectivity index (χ1v) is 9.68. The number of nitrogens with one attached hydrogen (secondary N) is 1. The number of benzene rings is 1. The van der Waals surface area contributed by atoms with Gasteiger partial charge in [-0.3, -0.25) is 0 Å². The molecule has 27 heavy (non-hydrogen) atoms. The fraction of sp³-hybridized carbons (Fsp3) is 0.250. The summed E-state index contributed by atoms with van der Waals surface area (Å²) in [6.07, 6.45) is 0. The molecule has 1 aliphatic heterocycles. The van der Waals surface area contributed by atoms with Gasteiger partial charge in [-0.05, 0) is 38.3 Å². The highest BCUT2D eigenvalue weighted by atomic mass is 32.1. The lowest BCUT2D eigenvalue weighted by Gasteiger charge is -2.27. The van der Waals surface area contributed by atoms with E-state index in [0.717, 1.165) is 21.7 Å². The van der Waals surface area contributed by atoms with Crippen molar-refractivity contribution in [3.8, 4) is 11.4 Å². The van der Waals surface area contributed by atoms with Gasteiger partial charge in [0.15, 0.2) is 5.82 Å². The standard InChI is InChI=1S/C20H20N4O2S/c1-4-26-19(25)16-13(3)21-20-22-18(14-8-5-7-12(2)11-14)23-24(20)17(16)15-9-6-10-27-15/h5-11,17H,4H2,1-3H3,(H,21,22,23). The summed E-state index contributed by atoms with van der Waals surface area (Å²) in [6, 6.07) is 11.7. The Morgan fingerprint density at radius 3 is 2.85 bits per heavy atom. The number of carbonyl (C=O) groups excluding carboxylic acids is 1. The summed E-state index contributed by atoms with van der Waals surface area (Å²) in [7, 11) is 0. The maximum absolute atomic E-state index is 12.7. The maximum atomic E-state index is 12.7. The number of rotatable bonds is 4. The molecule has 0 fully saturated rings. The summed E-state index contributed by atoms with van der Waals surface area (Å²) >= 11 is 1.58. The number of thiophene rings is 1. The van der Waals surface area contributed by atoms with Crippen LogP contribution in [0.3, 0.4) is 0 Å². The van der Waals surface area contributed by atoms with Crippen LogP contribution in [-0.2, 0) is 9.53 Å². The third-order valence-electron chi connectivity index (χ3n) is 4.44. The minimum Gasteiger partial charge on any atom is -0.463 e. The summed E-state index contributed by atoms with van der Waals surface area (Å²) < 4.78 is 7.09. The van der Waals surface area contributed by atoms with Crippen LogP contribution in [0.2, 0.25) is 0 Å². The van der Waals surface area contributed by atoms with Crippen molar-refractivity contribution >= 4 is 23.3 Å². The molecular weight excluding hydrogens is 360 g/mol. The molecule has 7 heteroatoms. The molecule has 0 saturated heterocycles. The van der Waals surface area contributed by atoms with Gasteiger partial charge in [0.05, 0.1) is 12.2 Å². The molecule has 6 nitrogen and oxygen atoms in total. The van der Waals surface area contributed by atoms with E-state index in [1.165, 1.54) is 0 Å². The fourth-order valence-electron chi connectivity index (χ4n) is 3.24. The Kier molecular flexibility index (Phi) is 4.53. The van der Waals surface area contributed by atoms with Gasteiger partial charge in [0.25, 0.3) is 0 Å². The molecular formula is C20H20N4O2S. The van der Waals surface area contributed by atoms with Crippen LogP contribution < -0.4 is 5.32 Å². The molecule has 1 atom stereocenters. The van der Waals surface area contributed by atoms with E-state index in [-0.39, 0.29) is 12.0 Å². The Bertz CT molecular complexity index is 1020. The van der Waals surface area contributed by atoms with Crippen molar-refractivity contribution in [2.45, 2.75) is 26.8 Å². The zero-order chi connectivity index (χ0) is 19.0. The lowest BCUT2D eigenvalue weighted by molar-refractivity contribution is -0.139. The number of carbonyl (C=O) groups is 1. The Morgan fingerprint density at radius 1 is 1.30 bits per heavy atom. The van der Waals surface area contributed by atoms with E-state index in [9.17, 15) is 4.79 Å². The first-order chi connectivity index (χ1) is 13.1. The molecule has 1 aliphatic rings. The van der Waals surface area contributed by atoms with E-state index in [4.69, 9.17) is 9.84 Å². The van der Waals surface area contributed by atoms with Crippen LogP contribution in [0.15, 0.2) is 53.0 Å². The summed E-state index contributed by atoms with van der Waals surface area (Å²) in [5.41, 5.74) is 3.39. The number of aromatic nitrogens is 3. The van der Waals surface area contributed by atoms with Crippen LogP contribution in [0.1, 0.15) is 30.3 Å². The average molecular weight is 380 g/mol. The van der Waals surface area contributed by atoms with Gasteiger partial charge in [-0.25, -0.2) is 9.48 Å². The van der Waals surface area contributed by atoms with Gasteiger partial charge in [-0.2, -0.15) is 4.98 Å². The van der Waals surface area contributed by atoms with Crippen LogP contribution in [0.5, 0.6) is 0 Å². The highest BCUT2D eigenvalue weighted by molar-refractivity contribution is 7.10. The van der Waals surface area contributed by atoms with E-state index in [1.807, 2.05) is 55.6 Å². The van der Waals surface area contributed by atoms with Crippen molar-refractivity contribution in [3.05, 3.63) is 63.5 Å². The smallest absolute Gasteiger partial charge is 0.338 e. The summed E-state index contributed by atoms with van der Waals surface area (Å²) in [5, 5.41) is 9.95. The van der Waals surface area contributed by atoms with Gasteiger partial charge in [0.1, 0.15) is 6.04 Å². The minimum atomic E-state index is -0.355. The molecule has 0 aliphatic carbocycles. The predicted molar refractivity (Wildman–Crippen MR) is 106 cm³/mol. The number of esters is 1. The second kappa shape index (κ2) is 7.00. The van der Waals surface area contributed by atoms with E-state index >= 15 is 0 Å². The number of aryl methyl sites for hydroxylation is 1. The van der Waals surface area contributed by atoms with Crippen LogP contribution >= 0.6 is 11.3 Å². The Morgan fingerprint density at radius 2 is 2.15 bits per heavy atom. The van der Waals surface area contributed by atoms with Crippen molar-refractivity contribution in [1.29, 1.82) is 0 Å². The lowest BCUT2D eigenvalue weighted by atomic mass is 10.0. The van der Waals surface area contributed by atoms with Gasteiger partial charge in [-0.15, -0.1) is 16.4 Å². The zero-order valence-electron chi connectivity index (χ0n) is 15.4. The Labute approximate surface area is 161 Å². The van der Waals surface area contributed by atoms with E-state index in [0.29, 0.717) is 24.0 Å². The van der Waals surface area contributed by atoms with Crippen molar-refractivity contribution in [2.75, 3.05) is 11.9 Å². The van der Waals surface area contributed by atoms with Crippen LogP contribution in [0, 0.1) is 6.92 Å². The molecule has 0 radical (unpaired) electrons. The molecule has 138 valence electrons. The third kappa shape index (κ3) is 3.14. The van der Waals surface area contributed by atoms with Crippen molar-refractivity contribution < 1.29 is 9.53 Å². The molecule has 3 heterocycles. The number of hydrogen-bond donors (Lipinski definition) is 1. The quantitative estimate of drug-likeness (QED) is 0.688. The molecule has 1 N–H and O–H groups in total. The van der Waals surface area contributed by atoms with Gasteiger partial charge >= 0.3 is 5.97 Å². The van der Waals surface area contributed by atoms with E-state index in [1.54, 1.807) is 22.9 Å². The topological polar surface area (TPSA) is 69.0 Å². The summed E-state index contributed by atoms with van der Waals surface area (Å²) in [5.74, 6) is 0.912. The Hall–Kier alpha value is -2.93. The lowest BCUT2D eigenvalue weighted by Crippen LogP contribution is -2.29. The van der Waals surface area contributed by atoms with E-state index in [2.05, 4.69) is 10.3 Å². The van der Waals surface area contributed by atoms with Gasteiger partial charge in [0.2, 0.25) is 5.95 Å². The third-order valence-corrected chi connectivity index (χ3v) is 5.36. The number of anilines is 1. The number of ether oxygens (including phenoxy) is 1. The molecule has 4 rings (SSSR count). The summed E-state index contributed by atoms with van der Waals surface area (Å²) in [6.45, 7) is 6.04. The molecule has 1 unspecified atom stereocenters. The van der Waals surface area contributed by atoms with Crippen LogP contribution in [-0.4, -0.2) is 27.3 Å². The molecule has 0 saturated carbocycles. The second-order valence-corrected chi connectivity index (χ2v) is 7.35. The SMILES string of the molecule is CCOC(=O)C1=C(C)Nc2nc(-c3cccc(C)c3)nn2C1c1cccs1. The largest absolute Gasteiger partial charge is 0.463 e. The number of hydrogen-bond acceptors (Lipinski definition) is 6. The van der Waals surface area contributed by atoms with E-state index < -0.39 is 0 Å². The van der Waals surface area contributed by atoms with Gasteiger partial charge < -0.3 is 10.1 Å². The zero-order valence-corrected chi connectivity index (χ0v) is 16.2. The number of nitrogens with zero attached hydrogens (tertiary/aromatic N) is 3. The molecule has 0 amide bonds. The molecule has 0 spiro atoms. The highest BCUT2D eigenvalue weighted by Gasteiger charge is 2.35. The Balaban J connectivity index is 1.84. The molecule has 3 aromatic rings. The first kappa shape index (κ1) is 17.5. The summed E-state index contributed by atoms with van der Waals surface area (Å²) in [4.78, 5) is 18.4. The van der Waals surface area contributed by atoms with Crippen molar-refractivity contribution in [1.82, 2.24) is 14.8 Å². The van der Waals surface area contributed by atoms with Crippen LogP contribution in [0.25, 0.3) is 11.4 Å². The minimum absolute atomic E-state index is 0.325.